The summed E-state index contributed by atoms with van der Waals surface area (Å²) in [5, 5.41) is 2.14. The number of methoxy groups -OCH3 is 4. The third-order valence-corrected chi connectivity index (χ3v) is 12.4. The van der Waals surface area contributed by atoms with Crippen LogP contribution in [0, 0.1) is 0 Å². The molecule has 0 spiro atoms. The van der Waals surface area contributed by atoms with Crippen LogP contribution in [0.25, 0.3) is 21.8 Å². The molecule has 0 amide bonds. The minimum atomic E-state index is 0.344. The summed E-state index contributed by atoms with van der Waals surface area (Å²) in [6.07, 6.45) is 5.50. The molecule has 0 unspecified atom stereocenters. The van der Waals surface area contributed by atoms with E-state index in [0.717, 1.165) is 112 Å². The summed E-state index contributed by atoms with van der Waals surface area (Å²) >= 11 is 0. The van der Waals surface area contributed by atoms with Gasteiger partial charge in [-0.1, -0.05) is 84.9 Å². The van der Waals surface area contributed by atoms with Crippen molar-refractivity contribution in [1.82, 2.24) is 9.97 Å². The van der Waals surface area contributed by atoms with Gasteiger partial charge in [-0.15, -0.1) is 0 Å². The summed E-state index contributed by atoms with van der Waals surface area (Å²) in [5.74, 6) is 3.03. The molecule has 72 heavy (non-hydrogen) atoms. The van der Waals surface area contributed by atoms with E-state index in [0.29, 0.717) is 78.5 Å². The van der Waals surface area contributed by atoms with Gasteiger partial charge in [0.05, 0.1) is 72.7 Å². The molecular formula is C60H60N4O8. The Hall–Kier alpha value is -7.48. The summed E-state index contributed by atoms with van der Waals surface area (Å²) in [6, 6.07) is 45.3. The first-order valence-corrected chi connectivity index (χ1v) is 24.3. The predicted molar refractivity (Wildman–Crippen MR) is 284 cm³/mol. The molecule has 0 fully saturated rings. The van der Waals surface area contributed by atoms with E-state index in [2.05, 4.69) is 84.9 Å². The van der Waals surface area contributed by atoms with Crippen LogP contribution in [0.4, 0.5) is 11.4 Å². The number of pyridine rings is 2. The maximum absolute atomic E-state index is 6.77. The van der Waals surface area contributed by atoms with Crippen LogP contribution in [0.1, 0.15) is 55.9 Å². The number of aliphatic imine (C=N–C) groups is 2. The summed E-state index contributed by atoms with van der Waals surface area (Å²) < 4.78 is 49.2. The molecule has 8 bridgehead atoms. The zero-order valence-corrected chi connectivity index (χ0v) is 41.4. The molecule has 12 nitrogen and oxygen atoms in total. The van der Waals surface area contributed by atoms with Crippen LogP contribution in [-0.4, -0.2) is 104 Å². The van der Waals surface area contributed by atoms with Crippen molar-refractivity contribution in [2.45, 2.75) is 25.7 Å². The number of para-hydroxylation sites is 4. The van der Waals surface area contributed by atoms with Crippen LogP contribution in [0.2, 0.25) is 0 Å². The van der Waals surface area contributed by atoms with Gasteiger partial charge in [-0.3, -0.25) is 9.98 Å². The van der Waals surface area contributed by atoms with E-state index in [1.54, 1.807) is 28.4 Å². The Balaban J connectivity index is 1.24. The first kappa shape index (κ1) is 49.5. The van der Waals surface area contributed by atoms with Crippen molar-refractivity contribution in [2.75, 3.05) is 81.3 Å². The van der Waals surface area contributed by atoms with E-state index >= 15 is 0 Å². The molecule has 1 aliphatic rings. The lowest BCUT2D eigenvalue weighted by Gasteiger charge is -2.23. The lowest BCUT2D eigenvalue weighted by molar-refractivity contribution is 0.144. The van der Waals surface area contributed by atoms with Crippen molar-refractivity contribution >= 4 is 45.6 Å². The van der Waals surface area contributed by atoms with Gasteiger partial charge in [-0.25, -0.2) is 9.97 Å². The molecule has 2 aromatic heterocycles. The van der Waals surface area contributed by atoms with Crippen molar-refractivity contribution in [1.29, 1.82) is 0 Å². The highest BCUT2D eigenvalue weighted by Gasteiger charge is 2.23. The zero-order chi connectivity index (χ0) is 49.5. The number of fused-ring (bicyclic) bond motifs is 10. The van der Waals surface area contributed by atoms with Gasteiger partial charge in [0.25, 0.3) is 0 Å². The number of hydrogen-bond donors (Lipinski definition) is 0. The van der Waals surface area contributed by atoms with Crippen molar-refractivity contribution < 1.29 is 37.9 Å². The Bertz CT molecular complexity index is 2890. The maximum atomic E-state index is 6.77. The SMILES string of the molecule is COCCOc1c2cccc1Cc1cc(N=Cc3ccc4ccccc4n3)cc(c1OCCOC)Cc1cccc(c1OCCOC)Cc1cc(N=Cc3ccc4ccccc4n3)cc(c1OCCOC)C2. The summed E-state index contributed by atoms with van der Waals surface area (Å²) in [6.45, 7) is 3.01. The van der Waals surface area contributed by atoms with E-state index in [1.807, 2.05) is 61.0 Å². The smallest absolute Gasteiger partial charge is 0.126 e. The van der Waals surface area contributed by atoms with E-state index in [9.17, 15) is 0 Å². The molecule has 2 heterocycles. The van der Waals surface area contributed by atoms with Gasteiger partial charge in [-0.05, 0) is 70.8 Å². The monoisotopic (exact) mass is 964 g/mol. The fourth-order valence-electron chi connectivity index (χ4n) is 9.04. The van der Waals surface area contributed by atoms with Gasteiger partial charge in [-0.2, -0.15) is 0 Å². The average molecular weight is 965 g/mol. The van der Waals surface area contributed by atoms with Gasteiger partial charge in [0, 0.05) is 87.1 Å². The molecule has 12 heteroatoms. The highest BCUT2D eigenvalue weighted by molar-refractivity contribution is 5.87. The number of hydrogen-bond acceptors (Lipinski definition) is 12. The lowest BCUT2D eigenvalue weighted by atomic mass is 9.90. The standard InChI is InChI=1S/C60H60N4O8/c1-65-23-27-69-57-43-13-9-14-44(57)32-48-36-54(62-40-52-22-20-42-12-6-8-18-56(42)64-52)38-50(60(48)72-30-26-68-4)34-46-16-10-15-45(58(46)70-28-24-66-2)33-49-37-53(35-47(31-43)59(49)71-29-25-67-3)61-39-51-21-19-41-11-5-7-17-55(41)63-51/h5-22,35-40H,23-34H2,1-4H3. The lowest BCUT2D eigenvalue weighted by Crippen LogP contribution is -2.13. The molecular weight excluding hydrogens is 905 g/mol. The largest absolute Gasteiger partial charge is 0.491 e. The first-order chi connectivity index (χ1) is 35.5. The van der Waals surface area contributed by atoms with Crippen molar-refractivity contribution in [3.8, 4) is 23.0 Å². The summed E-state index contributed by atoms with van der Waals surface area (Å²) in [4.78, 5) is 20.0. The number of nitrogens with zero attached hydrogens (tertiary/aromatic N) is 4. The Morgan fingerprint density at radius 2 is 0.681 bits per heavy atom. The Kier molecular flexibility index (Phi) is 16.9. The predicted octanol–water partition coefficient (Wildman–Crippen LogP) is 11.1. The second kappa shape index (κ2) is 24.6. The molecule has 368 valence electrons. The molecule has 6 aromatic carbocycles. The second-order valence-electron chi connectivity index (χ2n) is 17.4. The summed E-state index contributed by atoms with van der Waals surface area (Å²) in [5.41, 5.74) is 12.5. The van der Waals surface area contributed by atoms with Gasteiger partial charge >= 0.3 is 0 Å². The molecule has 0 aliphatic heterocycles. The highest BCUT2D eigenvalue weighted by atomic mass is 16.5. The zero-order valence-electron chi connectivity index (χ0n) is 41.4. The molecule has 8 aromatic rings. The van der Waals surface area contributed by atoms with E-state index in [1.165, 1.54) is 0 Å². The minimum Gasteiger partial charge on any atom is -0.491 e. The fourth-order valence-corrected chi connectivity index (χ4v) is 9.04. The quantitative estimate of drug-likeness (QED) is 0.0538. The van der Waals surface area contributed by atoms with Gasteiger partial charge in [0.15, 0.2) is 0 Å². The molecule has 0 radical (unpaired) electrons. The number of rotatable bonds is 20. The number of ether oxygens (including phenoxy) is 8. The van der Waals surface area contributed by atoms with E-state index < -0.39 is 0 Å². The summed E-state index contributed by atoms with van der Waals surface area (Å²) in [7, 11) is 6.72. The van der Waals surface area contributed by atoms with Crippen LogP contribution in [0.5, 0.6) is 23.0 Å². The second-order valence-corrected chi connectivity index (χ2v) is 17.4. The first-order valence-electron chi connectivity index (χ1n) is 24.3. The average Bonchev–Trinajstić information content (AvgIpc) is 3.40. The number of aromatic nitrogens is 2. The molecule has 1 aliphatic carbocycles. The topological polar surface area (TPSA) is 124 Å². The molecule has 9 rings (SSSR count). The Morgan fingerprint density at radius 3 is 1.01 bits per heavy atom. The Labute approximate surface area is 421 Å². The van der Waals surface area contributed by atoms with Crippen LogP contribution in [0.3, 0.4) is 0 Å². The molecule has 0 N–H and O–H groups in total. The highest BCUT2D eigenvalue weighted by Crippen LogP contribution is 2.41. The van der Waals surface area contributed by atoms with Crippen molar-refractivity contribution in [2.24, 2.45) is 9.98 Å². The normalized spacial score (nSPS) is 12.5. The van der Waals surface area contributed by atoms with Crippen molar-refractivity contribution in [3.63, 3.8) is 0 Å². The molecule has 0 atom stereocenters. The number of benzene rings is 6. The van der Waals surface area contributed by atoms with Crippen LogP contribution < -0.4 is 18.9 Å². The third kappa shape index (κ3) is 12.3. The fraction of sp³-hybridized carbons (Fsp3) is 0.267. The van der Waals surface area contributed by atoms with Crippen molar-refractivity contribution in [3.05, 3.63) is 189 Å². The Morgan fingerprint density at radius 1 is 0.361 bits per heavy atom. The minimum absolute atomic E-state index is 0.344. The van der Waals surface area contributed by atoms with E-state index in [4.69, 9.17) is 57.8 Å². The maximum Gasteiger partial charge on any atom is 0.126 e. The third-order valence-electron chi connectivity index (χ3n) is 12.4. The molecule has 0 saturated heterocycles. The van der Waals surface area contributed by atoms with Gasteiger partial charge in [0.2, 0.25) is 0 Å². The van der Waals surface area contributed by atoms with Crippen LogP contribution in [0.15, 0.2) is 143 Å². The van der Waals surface area contributed by atoms with Crippen LogP contribution >= 0.6 is 0 Å². The molecule has 0 saturated carbocycles. The van der Waals surface area contributed by atoms with Gasteiger partial charge < -0.3 is 37.9 Å². The van der Waals surface area contributed by atoms with E-state index in [-0.39, 0.29) is 0 Å². The van der Waals surface area contributed by atoms with Crippen LogP contribution in [-0.2, 0) is 44.6 Å². The van der Waals surface area contributed by atoms with Gasteiger partial charge in [0.1, 0.15) is 49.4 Å².